The van der Waals surface area contributed by atoms with Gasteiger partial charge in [0, 0.05) is 18.3 Å². The van der Waals surface area contributed by atoms with Gasteiger partial charge in [0.2, 0.25) is 10.9 Å². The largest absolute Gasteiger partial charge is 0.450 e. The molecule has 2 aromatic carbocycles. The van der Waals surface area contributed by atoms with Gasteiger partial charge in [-0.25, -0.2) is 4.39 Å². The Labute approximate surface area is 189 Å². The van der Waals surface area contributed by atoms with Crippen LogP contribution in [0.3, 0.4) is 0 Å². The number of hydrogen-bond acceptors (Lipinski definition) is 7. The number of likely N-dealkylation sites (N-methyl/N-ethyl adjacent to an activating group) is 1. The number of nitrogens with zero attached hydrogens (tertiary/aromatic N) is 4. The van der Waals surface area contributed by atoms with Crippen molar-refractivity contribution in [2.24, 2.45) is 0 Å². The van der Waals surface area contributed by atoms with E-state index in [0.29, 0.717) is 22.7 Å². The van der Waals surface area contributed by atoms with Crippen LogP contribution < -0.4 is 15.2 Å². The summed E-state index contributed by atoms with van der Waals surface area (Å²) in [7, 11) is 1.58. The van der Waals surface area contributed by atoms with E-state index in [0.717, 1.165) is 23.5 Å². The number of rotatable bonds is 2. The summed E-state index contributed by atoms with van der Waals surface area (Å²) in [6, 6.07) is 10.4. The average Bonchev–Trinajstić information content (AvgIpc) is 3.45. The smallest absolute Gasteiger partial charge is 0.297 e. The molecule has 0 N–H and O–H groups in total. The molecule has 33 heavy (non-hydrogen) atoms. The molecule has 0 fully saturated rings. The Morgan fingerprint density at radius 3 is 2.67 bits per heavy atom. The van der Waals surface area contributed by atoms with Gasteiger partial charge in [0.25, 0.3) is 11.8 Å². The van der Waals surface area contributed by atoms with E-state index in [1.165, 1.54) is 15.9 Å². The summed E-state index contributed by atoms with van der Waals surface area (Å²) in [6.07, 6.45) is 0.588. The fourth-order valence-corrected chi connectivity index (χ4v) is 5.55. The van der Waals surface area contributed by atoms with Crippen molar-refractivity contribution in [1.29, 1.82) is 0 Å². The van der Waals surface area contributed by atoms with Crippen molar-refractivity contribution in [3.05, 3.63) is 80.4 Å². The zero-order chi connectivity index (χ0) is 23.1. The summed E-state index contributed by atoms with van der Waals surface area (Å²) >= 11 is 1.16. The lowest BCUT2D eigenvalue weighted by atomic mass is 9.84. The van der Waals surface area contributed by atoms with Gasteiger partial charge in [0.15, 0.2) is 11.0 Å². The van der Waals surface area contributed by atoms with Crippen molar-refractivity contribution < 1.29 is 18.4 Å². The third-order valence-corrected chi connectivity index (χ3v) is 7.22. The molecule has 2 aliphatic heterocycles. The first-order valence-electron chi connectivity index (χ1n) is 10.2. The number of anilines is 2. The summed E-state index contributed by atoms with van der Waals surface area (Å²) in [5.74, 6) is -2.07. The predicted molar refractivity (Wildman–Crippen MR) is 119 cm³/mol. The monoisotopic (exact) mass is 462 g/mol. The number of amides is 2. The van der Waals surface area contributed by atoms with E-state index in [1.807, 2.05) is 6.92 Å². The normalized spacial score (nSPS) is 19.1. The number of fused-ring (bicyclic) bond motifs is 5. The second-order valence-corrected chi connectivity index (χ2v) is 8.88. The molecule has 164 valence electrons. The third-order valence-electron chi connectivity index (χ3n) is 6.17. The molecule has 4 heterocycles. The van der Waals surface area contributed by atoms with Crippen LogP contribution in [0.1, 0.15) is 33.6 Å². The second kappa shape index (κ2) is 6.55. The molecule has 0 bridgehead atoms. The van der Waals surface area contributed by atoms with Crippen LogP contribution in [-0.4, -0.2) is 29.1 Å². The first kappa shape index (κ1) is 19.7. The first-order valence-corrected chi connectivity index (χ1v) is 11.0. The highest BCUT2D eigenvalue weighted by atomic mass is 32.1. The maximum absolute atomic E-state index is 14.0. The van der Waals surface area contributed by atoms with Crippen LogP contribution in [0, 0.1) is 5.82 Å². The molecule has 1 spiro atoms. The Balaban J connectivity index is 1.79. The van der Waals surface area contributed by atoms with Gasteiger partial charge in [-0.05, 0) is 30.7 Å². The van der Waals surface area contributed by atoms with Crippen LogP contribution >= 0.6 is 11.3 Å². The highest BCUT2D eigenvalue weighted by molar-refractivity contribution is 7.15. The highest BCUT2D eigenvalue weighted by Gasteiger charge is 2.66. The number of halogens is 1. The molecule has 2 aromatic heterocycles. The molecule has 4 aromatic rings. The van der Waals surface area contributed by atoms with E-state index in [1.54, 1.807) is 31.3 Å². The summed E-state index contributed by atoms with van der Waals surface area (Å²) in [5, 5.41) is 9.08. The molecule has 1 unspecified atom stereocenters. The molecule has 1 atom stereocenters. The van der Waals surface area contributed by atoms with E-state index < -0.39 is 28.6 Å². The predicted octanol–water partition coefficient (Wildman–Crippen LogP) is 3.23. The van der Waals surface area contributed by atoms with Crippen LogP contribution in [0.2, 0.25) is 0 Å². The maximum Gasteiger partial charge on any atom is 0.297 e. The van der Waals surface area contributed by atoms with Crippen molar-refractivity contribution in [2.75, 3.05) is 16.8 Å². The van der Waals surface area contributed by atoms with Gasteiger partial charge in [-0.15, -0.1) is 10.2 Å². The first-order chi connectivity index (χ1) is 15.9. The number of aryl methyl sites for hydroxylation is 1. The Hall–Kier alpha value is -3.92. The highest BCUT2D eigenvalue weighted by Crippen LogP contribution is 2.53. The standard InChI is InChI=1S/C23H15FN4O4S/c1-3-16-25-26-22(33-16)28-20(30)19-17(18(29)12-10-11(24)8-9-15(12)32-19)23(28)13-6-4-5-7-14(13)27(2)21(23)31/h4-10H,3H2,1-2H3. The number of para-hydroxylation sites is 1. The lowest BCUT2D eigenvalue weighted by Gasteiger charge is -2.31. The Morgan fingerprint density at radius 1 is 1.12 bits per heavy atom. The van der Waals surface area contributed by atoms with Crippen molar-refractivity contribution in [1.82, 2.24) is 10.2 Å². The van der Waals surface area contributed by atoms with Crippen LogP contribution in [0.4, 0.5) is 15.2 Å². The molecule has 0 saturated heterocycles. The fraction of sp³-hybridized carbons (Fsp3) is 0.174. The minimum Gasteiger partial charge on any atom is -0.450 e. The van der Waals surface area contributed by atoms with Gasteiger partial charge < -0.3 is 9.32 Å². The molecule has 2 aliphatic rings. The molecule has 8 nitrogen and oxygen atoms in total. The molecular formula is C23H15FN4O4S. The van der Waals surface area contributed by atoms with Crippen LogP contribution in [0.5, 0.6) is 0 Å². The van der Waals surface area contributed by atoms with Crippen molar-refractivity contribution in [2.45, 2.75) is 18.9 Å². The lowest BCUT2D eigenvalue weighted by Crippen LogP contribution is -2.53. The van der Waals surface area contributed by atoms with E-state index in [4.69, 9.17) is 4.42 Å². The Morgan fingerprint density at radius 2 is 1.91 bits per heavy atom. The summed E-state index contributed by atoms with van der Waals surface area (Å²) < 4.78 is 19.9. The van der Waals surface area contributed by atoms with E-state index in [9.17, 15) is 18.8 Å². The molecule has 6 rings (SSSR count). The number of carbonyl (C=O) groups excluding carboxylic acids is 2. The van der Waals surface area contributed by atoms with Gasteiger partial charge in [-0.2, -0.15) is 0 Å². The summed E-state index contributed by atoms with van der Waals surface area (Å²) in [4.78, 5) is 44.1. The van der Waals surface area contributed by atoms with Crippen molar-refractivity contribution in [3.8, 4) is 0 Å². The average molecular weight is 462 g/mol. The number of carbonyl (C=O) groups is 2. The zero-order valence-electron chi connectivity index (χ0n) is 17.5. The number of hydrogen-bond donors (Lipinski definition) is 0. The van der Waals surface area contributed by atoms with Gasteiger partial charge in [-0.1, -0.05) is 36.5 Å². The number of benzene rings is 2. The summed E-state index contributed by atoms with van der Waals surface area (Å²) in [5.41, 5.74) is -1.55. The minimum atomic E-state index is -1.83. The van der Waals surface area contributed by atoms with Crippen LogP contribution in [0.25, 0.3) is 11.0 Å². The quantitative estimate of drug-likeness (QED) is 0.454. The molecule has 0 radical (unpaired) electrons. The van der Waals surface area contributed by atoms with E-state index >= 15 is 0 Å². The zero-order valence-corrected chi connectivity index (χ0v) is 18.3. The molecule has 0 aliphatic carbocycles. The van der Waals surface area contributed by atoms with Gasteiger partial charge in [0.1, 0.15) is 16.4 Å². The van der Waals surface area contributed by atoms with Crippen LogP contribution in [0.15, 0.2) is 51.7 Å². The fourth-order valence-electron chi connectivity index (χ4n) is 4.72. The Kier molecular flexibility index (Phi) is 3.92. The van der Waals surface area contributed by atoms with Crippen molar-refractivity contribution >= 4 is 44.9 Å². The molecule has 10 heteroatoms. The minimum absolute atomic E-state index is 0.0471. The van der Waals surface area contributed by atoms with Crippen LogP contribution in [-0.2, 0) is 16.8 Å². The second-order valence-electron chi connectivity index (χ2n) is 7.84. The van der Waals surface area contributed by atoms with Crippen molar-refractivity contribution in [3.63, 3.8) is 0 Å². The van der Waals surface area contributed by atoms with E-state index in [2.05, 4.69) is 10.2 Å². The molecule has 2 amide bonds. The van der Waals surface area contributed by atoms with Gasteiger partial charge >= 0.3 is 0 Å². The SMILES string of the molecule is CCc1nnc(N2C(=O)c3oc4ccc(F)cc4c(=O)c3C23C(=O)N(C)c2ccccc23)s1. The summed E-state index contributed by atoms with van der Waals surface area (Å²) in [6.45, 7) is 1.90. The molecular weight excluding hydrogens is 447 g/mol. The Bertz CT molecular complexity index is 1580. The maximum atomic E-state index is 14.0. The number of aromatic nitrogens is 2. The van der Waals surface area contributed by atoms with E-state index in [-0.39, 0.29) is 27.4 Å². The topological polar surface area (TPSA) is 96.6 Å². The molecule has 0 saturated carbocycles. The lowest BCUT2D eigenvalue weighted by molar-refractivity contribution is -0.121. The van der Waals surface area contributed by atoms with Gasteiger partial charge in [0.05, 0.1) is 10.9 Å². The van der Waals surface area contributed by atoms with Gasteiger partial charge in [-0.3, -0.25) is 19.3 Å². The third kappa shape index (κ3) is 2.30.